The summed E-state index contributed by atoms with van der Waals surface area (Å²) < 4.78 is 33.6. The van der Waals surface area contributed by atoms with Gasteiger partial charge in [-0.1, -0.05) is 36.8 Å². The lowest BCUT2D eigenvalue weighted by Gasteiger charge is -2.31. The highest BCUT2D eigenvalue weighted by molar-refractivity contribution is 7.89. The molecular formula is C25H28N4O4S2. The number of carbonyl (C=O) groups is 1. The Hall–Kier alpha value is -2.79. The summed E-state index contributed by atoms with van der Waals surface area (Å²) in [5.74, 6) is -0.379. The fourth-order valence-electron chi connectivity index (χ4n) is 4.43. The van der Waals surface area contributed by atoms with Gasteiger partial charge < -0.3 is 9.64 Å². The summed E-state index contributed by atoms with van der Waals surface area (Å²) in [6, 6.07) is 14.6. The zero-order valence-electron chi connectivity index (χ0n) is 19.4. The second-order valence-corrected chi connectivity index (χ2v) is 11.4. The van der Waals surface area contributed by atoms with Crippen LogP contribution in [0.2, 0.25) is 0 Å². The van der Waals surface area contributed by atoms with E-state index in [1.165, 1.54) is 21.7 Å². The van der Waals surface area contributed by atoms with Crippen LogP contribution < -0.4 is 10.2 Å². The SMILES string of the molecule is O=C(Nc1nc(-c2ccccc2)cs1)c1cc(S(=O)(=O)N2CCCCC2)ccc1N1CCOCC1. The number of hydrogen-bond donors (Lipinski definition) is 1. The van der Waals surface area contributed by atoms with Gasteiger partial charge >= 0.3 is 0 Å². The van der Waals surface area contributed by atoms with Gasteiger partial charge in [0.25, 0.3) is 5.91 Å². The fraction of sp³-hybridized carbons (Fsp3) is 0.360. The molecule has 1 amide bonds. The largest absolute Gasteiger partial charge is 0.378 e. The topological polar surface area (TPSA) is 91.8 Å². The van der Waals surface area contributed by atoms with Gasteiger partial charge in [0.1, 0.15) is 0 Å². The maximum absolute atomic E-state index is 13.5. The van der Waals surface area contributed by atoms with Crippen LogP contribution in [0.3, 0.4) is 0 Å². The monoisotopic (exact) mass is 512 g/mol. The van der Waals surface area contributed by atoms with Gasteiger partial charge in [0, 0.05) is 42.8 Å². The molecule has 0 unspecified atom stereocenters. The van der Waals surface area contributed by atoms with Gasteiger partial charge in [0.05, 0.1) is 29.4 Å². The first-order valence-corrected chi connectivity index (χ1v) is 14.1. The molecule has 5 rings (SSSR count). The van der Waals surface area contributed by atoms with Crippen LogP contribution in [0, 0.1) is 0 Å². The molecule has 0 aliphatic carbocycles. The highest BCUT2D eigenvalue weighted by Gasteiger charge is 2.29. The van der Waals surface area contributed by atoms with E-state index in [2.05, 4.69) is 15.2 Å². The zero-order valence-corrected chi connectivity index (χ0v) is 21.0. The third-order valence-corrected chi connectivity index (χ3v) is 8.96. The quantitative estimate of drug-likeness (QED) is 0.535. The lowest BCUT2D eigenvalue weighted by molar-refractivity contribution is 0.102. The molecule has 0 saturated carbocycles. The summed E-state index contributed by atoms with van der Waals surface area (Å²) >= 11 is 1.34. The Bertz CT molecular complexity index is 1280. The standard InChI is InChI=1S/C25H28N4O4S2/c30-24(27-25-26-22(18-34-25)19-7-3-1-4-8-19)21-17-20(35(31,32)29-11-5-2-6-12-29)9-10-23(21)28-13-15-33-16-14-28/h1,3-4,7-10,17-18H,2,5-6,11-16H2,(H,26,27,30). The number of aromatic nitrogens is 1. The molecule has 3 aromatic rings. The molecule has 0 radical (unpaired) electrons. The fourth-order valence-corrected chi connectivity index (χ4v) is 6.69. The minimum absolute atomic E-state index is 0.144. The van der Waals surface area contributed by atoms with Crippen LogP contribution in [0.25, 0.3) is 11.3 Å². The number of carbonyl (C=O) groups excluding carboxylic acids is 1. The van der Waals surface area contributed by atoms with Crippen molar-refractivity contribution >= 4 is 38.1 Å². The Labute approximate surface area is 209 Å². The second kappa shape index (κ2) is 10.4. The van der Waals surface area contributed by atoms with Crippen molar-refractivity contribution < 1.29 is 17.9 Å². The van der Waals surface area contributed by atoms with Gasteiger partial charge in [-0.25, -0.2) is 13.4 Å². The molecule has 2 fully saturated rings. The summed E-state index contributed by atoms with van der Waals surface area (Å²) in [4.78, 5) is 20.2. The molecule has 2 aromatic carbocycles. The molecule has 2 aliphatic rings. The van der Waals surface area contributed by atoms with Crippen LogP contribution in [0.15, 0.2) is 58.8 Å². The van der Waals surface area contributed by atoms with E-state index in [9.17, 15) is 13.2 Å². The van der Waals surface area contributed by atoms with E-state index in [1.54, 1.807) is 12.1 Å². The van der Waals surface area contributed by atoms with E-state index >= 15 is 0 Å². The molecule has 8 nitrogen and oxygen atoms in total. The first-order valence-electron chi connectivity index (χ1n) is 11.8. The van der Waals surface area contributed by atoms with Crippen molar-refractivity contribution in [2.75, 3.05) is 49.6 Å². The predicted octanol–water partition coefficient (Wildman–Crippen LogP) is 4.07. The minimum atomic E-state index is -3.67. The third kappa shape index (κ3) is 5.25. The van der Waals surface area contributed by atoms with Crippen molar-refractivity contribution in [2.45, 2.75) is 24.2 Å². The molecule has 0 bridgehead atoms. The van der Waals surface area contributed by atoms with Crippen LogP contribution in [-0.2, 0) is 14.8 Å². The van der Waals surface area contributed by atoms with Crippen molar-refractivity contribution in [3.8, 4) is 11.3 Å². The van der Waals surface area contributed by atoms with Crippen LogP contribution in [0.4, 0.5) is 10.8 Å². The summed E-state index contributed by atoms with van der Waals surface area (Å²) in [5.41, 5.74) is 2.76. The third-order valence-electron chi connectivity index (χ3n) is 6.31. The van der Waals surface area contributed by atoms with Gasteiger partial charge in [0.15, 0.2) is 5.13 Å². The number of nitrogens with one attached hydrogen (secondary N) is 1. The number of piperidine rings is 1. The summed E-state index contributed by atoms with van der Waals surface area (Å²) in [7, 11) is -3.67. The highest BCUT2D eigenvalue weighted by atomic mass is 32.2. The van der Waals surface area contributed by atoms with E-state index in [1.807, 2.05) is 35.7 Å². The van der Waals surface area contributed by atoms with Crippen molar-refractivity contribution in [1.29, 1.82) is 0 Å². The maximum Gasteiger partial charge on any atom is 0.259 e. The molecule has 3 heterocycles. The minimum Gasteiger partial charge on any atom is -0.378 e. The summed E-state index contributed by atoms with van der Waals surface area (Å²) in [5, 5.41) is 5.25. The molecule has 1 N–H and O–H groups in total. The Morgan fingerprint density at radius 1 is 0.971 bits per heavy atom. The second-order valence-electron chi connectivity index (χ2n) is 8.60. The average Bonchev–Trinajstić information content (AvgIpc) is 3.38. The summed E-state index contributed by atoms with van der Waals surface area (Å²) in [6.07, 6.45) is 2.74. The Kier molecular flexibility index (Phi) is 7.14. The first kappa shape index (κ1) is 23.9. The van der Waals surface area contributed by atoms with Crippen molar-refractivity contribution in [1.82, 2.24) is 9.29 Å². The summed E-state index contributed by atoms with van der Waals surface area (Å²) in [6.45, 7) is 3.40. The number of amides is 1. The molecule has 35 heavy (non-hydrogen) atoms. The lowest BCUT2D eigenvalue weighted by Crippen LogP contribution is -2.38. The number of rotatable bonds is 6. The number of benzene rings is 2. The van der Waals surface area contributed by atoms with Crippen LogP contribution in [0.1, 0.15) is 29.6 Å². The normalized spacial score (nSPS) is 17.3. The van der Waals surface area contributed by atoms with Gasteiger partial charge in [-0.05, 0) is 31.0 Å². The van der Waals surface area contributed by atoms with Gasteiger partial charge in [-0.15, -0.1) is 11.3 Å². The Balaban J connectivity index is 1.46. The molecule has 0 spiro atoms. The predicted molar refractivity (Wildman–Crippen MR) is 138 cm³/mol. The molecule has 1 aromatic heterocycles. The number of sulfonamides is 1. The molecule has 2 saturated heterocycles. The van der Waals surface area contributed by atoms with Crippen molar-refractivity contribution in [3.63, 3.8) is 0 Å². The number of morpholine rings is 1. The van der Waals surface area contributed by atoms with Crippen LogP contribution in [0.5, 0.6) is 0 Å². The van der Waals surface area contributed by atoms with Gasteiger partial charge in [-0.3, -0.25) is 10.1 Å². The number of nitrogens with zero attached hydrogens (tertiary/aromatic N) is 3. The van der Waals surface area contributed by atoms with E-state index in [-0.39, 0.29) is 10.8 Å². The highest BCUT2D eigenvalue weighted by Crippen LogP contribution is 2.30. The molecule has 2 aliphatic heterocycles. The lowest BCUT2D eigenvalue weighted by atomic mass is 10.1. The molecule has 0 atom stereocenters. The Morgan fingerprint density at radius 3 is 2.46 bits per heavy atom. The van der Waals surface area contributed by atoms with E-state index in [0.717, 1.165) is 30.5 Å². The van der Waals surface area contributed by atoms with Crippen molar-refractivity contribution in [2.24, 2.45) is 0 Å². The number of anilines is 2. The number of thiazole rings is 1. The van der Waals surface area contributed by atoms with Crippen LogP contribution in [-0.4, -0.2) is 63.0 Å². The van der Waals surface area contributed by atoms with Gasteiger partial charge in [-0.2, -0.15) is 4.31 Å². The van der Waals surface area contributed by atoms with E-state index in [4.69, 9.17) is 4.74 Å². The Morgan fingerprint density at radius 2 is 1.71 bits per heavy atom. The van der Waals surface area contributed by atoms with Gasteiger partial charge in [0.2, 0.25) is 10.0 Å². The van der Waals surface area contributed by atoms with Crippen LogP contribution >= 0.6 is 11.3 Å². The van der Waals surface area contributed by atoms with Crippen molar-refractivity contribution in [3.05, 3.63) is 59.5 Å². The van der Waals surface area contributed by atoms with E-state index < -0.39 is 10.0 Å². The zero-order chi connectivity index (χ0) is 24.3. The molecule has 10 heteroatoms. The van der Waals surface area contributed by atoms with E-state index in [0.29, 0.717) is 55.8 Å². The smallest absolute Gasteiger partial charge is 0.259 e. The maximum atomic E-state index is 13.5. The number of hydrogen-bond acceptors (Lipinski definition) is 7. The first-order chi connectivity index (χ1) is 17.0. The number of ether oxygens (including phenoxy) is 1. The molecular weight excluding hydrogens is 484 g/mol. The molecule has 184 valence electrons. The average molecular weight is 513 g/mol.